The van der Waals surface area contributed by atoms with E-state index >= 15 is 0 Å². The summed E-state index contributed by atoms with van der Waals surface area (Å²) in [5, 5.41) is 0. The molecule has 0 aliphatic heterocycles. The Morgan fingerprint density at radius 3 is 2.06 bits per heavy atom. The van der Waals surface area contributed by atoms with E-state index in [-0.39, 0.29) is 5.41 Å². The van der Waals surface area contributed by atoms with E-state index in [2.05, 4.69) is 75.9 Å². The first-order valence-corrected chi connectivity index (χ1v) is 6.32. The summed E-state index contributed by atoms with van der Waals surface area (Å²) in [4.78, 5) is 1.07. The van der Waals surface area contributed by atoms with Gasteiger partial charge in [-0.05, 0) is 34.2 Å². The van der Waals surface area contributed by atoms with Gasteiger partial charge in [0.15, 0.2) is 0 Å². The van der Waals surface area contributed by atoms with Crippen LogP contribution in [0, 0.1) is 0 Å². The van der Waals surface area contributed by atoms with Crippen molar-refractivity contribution >= 4 is 12.6 Å². The normalized spacial score (nSPS) is 11.5. The maximum absolute atomic E-state index is 4.55. The average molecular weight is 242 g/mol. The van der Waals surface area contributed by atoms with Crippen LogP contribution in [0.1, 0.15) is 26.3 Å². The fraction of sp³-hybridized carbons (Fsp3) is 0.250. The van der Waals surface area contributed by atoms with Gasteiger partial charge in [-0.25, -0.2) is 0 Å². The van der Waals surface area contributed by atoms with Gasteiger partial charge in [0.1, 0.15) is 0 Å². The highest BCUT2D eigenvalue weighted by Crippen LogP contribution is 2.32. The van der Waals surface area contributed by atoms with Crippen LogP contribution in [-0.4, -0.2) is 0 Å². The molecule has 2 aromatic rings. The molecule has 0 spiro atoms. The van der Waals surface area contributed by atoms with Crippen molar-refractivity contribution in [2.45, 2.75) is 31.1 Å². The highest BCUT2D eigenvalue weighted by atomic mass is 32.1. The Bertz CT molecular complexity index is 507. The highest BCUT2D eigenvalue weighted by Gasteiger charge is 2.17. The van der Waals surface area contributed by atoms with Gasteiger partial charge < -0.3 is 0 Å². The first-order chi connectivity index (χ1) is 7.98. The number of benzene rings is 2. The lowest BCUT2D eigenvalue weighted by atomic mass is 9.85. The van der Waals surface area contributed by atoms with E-state index in [1.165, 1.54) is 16.7 Å². The first kappa shape index (κ1) is 12.3. The summed E-state index contributed by atoms with van der Waals surface area (Å²) in [5.41, 5.74) is 3.93. The van der Waals surface area contributed by atoms with Crippen LogP contribution in [0.5, 0.6) is 0 Å². The van der Waals surface area contributed by atoms with Crippen molar-refractivity contribution < 1.29 is 0 Å². The quantitative estimate of drug-likeness (QED) is 0.673. The van der Waals surface area contributed by atoms with Gasteiger partial charge in [-0.3, -0.25) is 0 Å². The fourth-order valence-corrected chi connectivity index (χ4v) is 2.42. The zero-order valence-electron chi connectivity index (χ0n) is 10.6. The van der Waals surface area contributed by atoms with E-state index in [4.69, 9.17) is 0 Å². The molecule has 0 aliphatic carbocycles. The summed E-state index contributed by atoms with van der Waals surface area (Å²) in [6.07, 6.45) is 0. The van der Waals surface area contributed by atoms with Crippen LogP contribution in [0.25, 0.3) is 11.1 Å². The molecule has 0 atom stereocenters. The lowest BCUT2D eigenvalue weighted by molar-refractivity contribution is 0.578. The maximum atomic E-state index is 4.55. The van der Waals surface area contributed by atoms with Crippen molar-refractivity contribution in [1.29, 1.82) is 0 Å². The minimum absolute atomic E-state index is 0.127. The molecule has 0 amide bonds. The van der Waals surface area contributed by atoms with Crippen molar-refractivity contribution in [1.82, 2.24) is 0 Å². The van der Waals surface area contributed by atoms with Crippen LogP contribution in [0.4, 0.5) is 0 Å². The van der Waals surface area contributed by atoms with Crippen LogP contribution in [0.2, 0.25) is 0 Å². The SMILES string of the molecule is CC(C)(C)c1cc(-c2ccccc2)ccc1S. The van der Waals surface area contributed by atoms with Crippen molar-refractivity contribution in [2.24, 2.45) is 0 Å². The molecule has 0 fully saturated rings. The molecule has 0 radical (unpaired) electrons. The Morgan fingerprint density at radius 1 is 0.824 bits per heavy atom. The Hall–Kier alpha value is -1.21. The van der Waals surface area contributed by atoms with Crippen LogP contribution in [-0.2, 0) is 5.41 Å². The lowest BCUT2D eigenvalue weighted by Crippen LogP contribution is -2.12. The summed E-state index contributed by atoms with van der Waals surface area (Å²) in [6.45, 7) is 6.66. The van der Waals surface area contributed by atoms with Gasteiger partial charge in [0, 0.05) is 4.90 Å². The van der Waals surface area contributed by atoms with Gasteiger partial charge in [-0.2, -0.15) is 0 Å². The van der Waals surface area contributed by atoms with Gasteiger partial charge in [0.05, 0.1) is 0 Å². The number of hydrogen-bond donors (Lipinski definition) is 1. The van der Waals surface area contributed by atoms with Crippen LogP contribution < -0.4 is 0 Å². The van der Waals surface area contributed by atoms with Crippen LogP contribution >= 0.6 is 12.6 Å². The molecule has 0 bridgehead atoms. The van der Waals surface area contributed by atoms with Crippen LogP contribution in [0.15, 0.2) is 53.4 Å². The summed E-state index contributed by atoms with van der Waals surface area (Å²) in [5.74, 6) is 0. The van der Waals surface area contributed by atoms with E-state index in [0.29, 0.717) is 0 Å². The molecule has 0 nitrogen and oxygen atoms in total. The van der Waals surface area contributed by atoms with Crippen LogP contribution in [0.3, 0.4) is 0 Å². The molecule has 88 valence electrons. The molecular weight excluding hydrogens is 224 g/mol. The molecule has 0 saturated heterocycles. The van der Waals surface area contributed by atoms with Crippen molar-refractivity contribution in [3.8, 4) is 11.1 Å². The van der Waals surface area contributed by atoms with E-state index in [0.717, 1.165) is 4.90 Å². The number of rotatable bonds is 1. The highest BCUT2D eigenvalue weighted by molar-refractivity contribution is 7.80. The summed E-state index contributed by atoms with van der Waals surface area (Å²) < 4.78 is 0. The molecule has 1 heteroatoms. The second-order valence-corrected chi connectivity index (χ2v) is 5.83. The Labute approximate surface area is 109 Å². The molecular formula is C16H18S. The van der Waals surface area contributed by atoms with E-state index in [1.807, 2.05) is 6.07 Å². The fourth-order valence-electron chi connectivity index (χ4n) is 1.95. The molecule has 17 heavy (non-hydrogen) atoms. The Kier molecular flexibility index (Phi) is 3.30. The smallest absolute Gasteiger partial charge is 0.00778 e. The van der Waals surface area contributed by atoms with Gasteiger partial charge in [-0.1, -0.05) is 57.2 Å². The maximum Gasteiger partial charge on any atom is 0.00778 e. The Morgan fingerprint density at radius 2 is 1.47 bits per heavy atom. The average Bonchev–Trinajstić information content (AvgIpc) is 2.29. The summed E-state index contributed by atoms with van der Waals surface area (Å²) in [7, 11) is 0. The first-order valence-electron chi connectivity index (χ1n) is 5.87. The molecule has 0 N–H and O–H groups in total. The largest absolute Gasteiger partial charge is 0.143 e. The number of thiol groups is 1. The molecule has 0 heterocycles. The van der Waals surface area contributed by atoms with Gasteiger partial charge in [-0.15, -0.1) is 12.6 Å². The third-order valence-electron chi connectivity index (χ3n) is 2.91. The zero-order chi connectivity index (χ0) is 12.5. The Balaban J connectivity index is 2.53. The topological polar surface area (TPSA) is 0 Å². The van der Waals surface area contributed by atoms with Crippen molar-refractivity contribution in [3.63, 3.8) is 0 Å². The molecule has 0 aliphatic rings. The molecule has 0 saturated carbocycles. The summed E-state index contributed by atoms with van der Waals surface area (Å²) in [6, 6.07) is 16.9. The third-order valence-corrected chi connectivity index (χ3v) is 3.30. The molecule has 0 unspecified atom stereocenters. The predicted octanol–water partition coefficient (Wildman–Crippen LogP) is 4.94. The van der Waals surface area contributed by atoms with Gasteiger partial charge in [0.25, 0.3) is 0 Å². The molecule has 0 aromatic heterocycles. The van der Waals surface area contributed by atoms with Crippen molar-refractivity contribution in [3.05, 3.63) is 54.1 Å². The minimum atomic E-state index is 0.127. The summed E-state index contributed by atoms with van der Waals surface area (Å²) >= 11 is 4.55. The lowest BCUT2D eigenvalue weighted by Gasteiger charge is -2.22. The predicted molar refractivity (Wildman–Crippen MR) is 77.8 cm³/mol. The molecule has 2 rings (SSSR count). The van der Waals surface area contributed by atoms with E-state index in [1.54, 1.807) is 0 Å². The second-order valence-electron chi connectivity index (χ2n) is 5.35. The van der Waals surface area contributed by atoms with E-state index < -0.39 is 0 Å². The minimum Gasteiger partial charge on any atom is -0.143 e. The molecule has 2 aromatic carbocycles. The standard InChI is InChI=1S/C16H18S/c1-16(2,3)14-11-13(9-10-15(14)17)12-7-5-4-6-8-12/h4-11,17H,1-3H3. The second kappa shape index (κ2) is 4.58. The number of hydrogen-bond acceptors (Lipinski definition) is 1. The van der Waals surface area contributed by atoms with E-state index in [9.17, 15) is 0 Å². The monoisotopic (exact) mass is 242 g/mol. The van der Waals surface area contributed by atoms with Gasteiger partial charge >= 0.3 is 0 Å². The zero-order valence-corrected chi connectivity index (χ0v) is 11.5. The third kappa shape index (κ3) is 2.73. The van der Waals surface area contributed by atoms with Crippen molar-refractivity contribution in [2.75, 3.05) is 0 Å². The van der Waals surface area contributed by atoms with Gasteiger partial charge in [0.2, 0.25) is 0 Å².